The summed E-state index contributed by atoms with van der Waals surface area (Å²) in [7, 11) is 3.92. The molecule has 2 aromatic rings. The van der Waals surface area contributed by atoms with Gasteiger partial charge in [0.15, 0.2) is 0 Å². The molecule has 8 nitrogen and oxygen atoms in total. The smallest absolute Gasteiger partial charge is 0.243 e. The molecule has 1 aliphatic rings. The van der Waals surface area contributed by atoms with Gasteiger partial charge in [-0.2, -0.15) is 0 Å². The SMILES string of the molecule is CC.CC(C)C(C)C(=O)N1CC(O)CC1C(=O)NC(CO)c1ccc(-c2scnc2C#CCN(C)C)cc1. The molecular formula is C29H42N4O4S. The number of rotatable bonds is 8. The highest BCUT2D eigenvalue weighted by Crippen LogP contribution is 2.29. The third kappa shape index (κ3) is 8.11. The minimum atomic E-state index is -0.762. The Morgan fingerprint density at radius 1 is 1.21 bits per heavy atom. The summed E-state index contributed by atoms with van der Waals surface area (Å²) in [5.74, 6) is 5.58. The second-order valence-electron chi connectivity index (χ2n) is 9.86. The lowest BCUT2D eigenvalue weighted by Gasteiger charge is -2.29. The summed E-state index contributed by atoms with van der Waals surface area (Å²) >= 11 is 1.51. The van der Waals surface area contributed by atoms with Gasteiger partial charge < -0.3 is 20.4 Å². The van der Waals surface area contributed by atoms with Crippen molar-refractivity contribution < 1.29 is 19.8 Å². The van der Waals surface area contributed by atoms with Crippen molar-refractivity contribution >= 4 is 23.2 Å². The molecule has 208 valence electrons. The summed E-state index contributed by atoms with van der Waals surface area (Å²) in [6, 6.07) is 6.18. The summed E-state index contributed by atoms with van der Waals surface area (Å²) < 4.78 is 0. The fraction of sp³-hybridized carbons (Fsp3) is 0.552. The third-order valence-electron chi connectivity index (χ3n) is 6.50. The Labute approximate surface area is 231 Å². The number of aromatic nitrogens is 1. The standard InChI is InChI=1S/C27H36N4O4S.C2H6/c1-17(2)18(3)27(35)31-14-21(33)13-24(31)26(34)29-23(15-32)19-8-10-20(11-9-19)25-22(28-16-36-25)7-6-12-30(4)5;1-2/h8-11,16-18,21,23-24,32-33H,12-15H2,1-5H3,(H,29,34);1-2H3. The zero-order valence-corrected chi connectivity index (χ0v) is 24.4. The van der Waals surface area contributed by atoms with Gasteiger partial charge in [-0.15, -0.1) is 11.3 Å². The maximum Gasteiger partial charge on any atom is 0.243 e. The van der Waals surface area contributed by atoms with Crippen LogP contribution in [0.4, 0.5) is 0 Å². The summed E-state index contributed by atoms with van der Waals surface area (Å²) in [6.07, 6.45) is -0.562. The van der Waals surface area contributed by atoms with Gasteiger partial charge in [0.1, 0.15) is 11.7 Å². The number of hydrogen-bond acceptors (Lipinski definition) is 7. The van der Waals surface area contributed by atoms with Gasteiger partial charge in [0, 0.05) is 18.9 Å². The Balaban J connectivity index is 0.00000247. The highest BCUT2D eigenvalue weighted by molar-refractivity contribution is 7.13. The van der Waals surface area contributed by atoms with Crippen molar-refractivity contribution in [1.29, 1.82) is 0 Å². The quantitative estimate of drug-likeness (QED) is 0.443. The maximum atomic E-state index is 13.1. The predicted molar refractivity (Wildman–Crippen MR) is 152 cm³/mol. The Hall–Kier alpha value is -2.77. The zero-order valence-electron chi connectivity index (χ0n) is 23.6. The topological polar surface area (TPSA) is 106 Å². The first-order chi connectivity index (χ1) is 18.1. The zero-order chi connectivity index (χ0) is 28.4. The van der Waals surface area contributed by atoms with Crippen LogP contribution >= 0.6 is 11.3 Å². The number of benzene rings is 1. The number of aliphatic hydroxyl groups is 2. The fourth-order valence-electron chi connectivity index (χ4n) is 4.04. The van der Waals surface area contributed by atoms with E-state index in [1.165, 1.54) is 16.2 Å². The van der Waals surface area contributed by atoms with Crippen molar-refractivity contribution in [2.45, 2.75) is 59.2 Å². The molecule has 2 amide bonds. The molecule has 4 unspecified atom stereocenters. The lowest BCUT2D eigenvalue weighted by Crippen LogP contribution is -2.49. The van der Waals surface area contributed by atoms with Crippen LogP contribution in [-0.2, 0) is 9.59 Å². The van der Waals surface area contributed by atoms with E-state index in [2.05, 4.69) is 22.1 Å². The Morgan fingerprint density at radius 2 is 1.87 bits per heavy atom. The Bertz CT molecular complexity index is 1100. The monoisotopic (exact) mass is 542 g/mol. The van der Waals surface area contributed by atoms with Crippen molar-refractivity contribution in [3.63, 3.8) is 0 Å². The molecule has 1 saturated heterocycles. The number of nitrogens with one attached hydrogen (secondary N) is 1. The average Bonchev–Trinajstić information content (AvgIpc) is 3.54. The number of hydrogen-bond donors (Lipinski definition) is 3. The second kappa shape index (κ2) is 15.0. The van der Waals surface area contributed by atoms with Crippen molar-refractivity contribution in [2.24, 2.45) is 11.8 Å². The van der Waals surface area contributed by atoms with Crippen molar-refractivity contribution in [2.75, 3.05) is 33.8 Å². The van der Waals surface area contributed by atoms with E-state index < -0.39 is 18.2 Å². The first-order valence-electron chi connectivity index (χ1n) is 13.2. The number of amides is 2. The van der Waals surface area contributed by atoms with E-state index in [9.17, 15) is 19.8 Å². The van der Waals surface area contributed by atoms with E-state index >= 15 is 0 Å². The highest BCUT2D eigenvalue weighted by atomic mass is 32.1. The largest absolute Gasteiger partial charge is 0.394 e. The van der Waals surface area contributed by atoms with Crippen LogP contribution < -0.4 is 5.32 Å². The number of carbonyl (C=O) groups excluding carboxylic acids is 2. The molecule has 2 heterocycles. The molecule has 4 atom stereocenters. The minimum absolute atomic E-state index is 0.126. The summed E-state index contributed by atoms with van der Waals surface area (Å²) in [6.45, 7) is 10.3. The van der Waals surface area contributed by atoms with Gasteiger partial charge in [-0.25, -0.2) is 4.98 Å². The summed E-state index contributed by atoms with van der Waals surface area (Å²) in [4.78, 5) is 34.9. The first-order valence-corrected chi connectivity index (χ1v) is 14.1. The van der Waals surface area contributed by atoms with E-state index in [4.69, 9.17) is 0 Å². The molecule has 1 aromatic heterocycles. The van der Waals surface area contributed by atoms with Crippen molar-refractivity contribution in [1.82, 2.24) is 20.1 Å². The van der Waals surface area contributed by atoms with Crippen LogP contribution in [0, 0.1) is 23.7 Å². The molecule has 1 aromatic carbocycles. The van der Waals surface area contributed by atoms with Crippen LogP contribution in [0.25, 0.3) is 10.4 Å². The molecular weight excluding hydrogens is 500 g/mol. The van der Waals surface area contributed by atoms with Crippen LogP contribution in [-0.4, -0.2) is 82.7 Å². The molecule has 0 bridgehead atoms. The van der Waals surface area contributed by atoms with E-state index in [1.54, 1.807) is 5.51 Å². The average molecular weight is 543 g/mol. The third-order valence-corrected chi connectivity index (χ3v) is 7.37. The van der Waals surface area contributed by atoms with Crippen LogP contribution in [0.2, 0.25) is 0 Å². The van der Waals surface area contributed by atoms with Gasteiger partial charge >= 0.3 is 0 Å². The molecule has 1 fully saturated rings. The molecule has 0 radical (unpaired) electrons. The van der Waals surface area contributed by atoms with Gasteiger partial charge in [-0.3, -0.25) is 14.5 Å². The summed E-state index contributed by atoms with van der Waals surface area (Å²) in [5, 5.41) is 23.1. The first kappa shape index (κ1) is 31.4. The highest BCUT2D eigenvalue weighted by Gasteiger charge is 2.41. The second-order valence-corrected chi connectivity index (χ2v) is 10.7. The van der Waals surface area contributed by atoms with E-state index in [1.807, 2.05) is 77.9 Å². The van der Waals surface area contributed by atoms with Gasteiger partial charge in [-0.1, -0.05) is 64.8 Å². The molecule has 3 N–H and O–H groups in total. The van der Waals surface area contributed by atoms with Gasteiger partial charge in [0.05, 0.1) is 35.7 Å². The van der Waals surface area contributed by atoms with Crippen LogP contribution in [0.5, 0.6) is 0 Å². The number of nitrogens with zero attached hydrogens (tertiary/aromatic N) is 3. The fourth-order valence-corrected chi connectivity index (χ4v) is 4.79. The van der Waals surface area contributed by atoms with Crippen LogP contribution in [0.15, 0.2) is 29.8 Å². The molecule has 1 aliphatic heterocycles. The lowest BCUT2D eigenvalue weighted by molar-refractivity contribution is -0.142. The van der Waals surface area contributed by atoms with Gasteiger partial charge in [0.2, 0.25) is 11.8 Å². The van der Waals surface area contributed by atoms with E-state index in [0.29, 0.717) is 6.54 Å². The predicted octanol–water partition coefficient (Wildman–Crippen LogP) is 3.15. The molecule has 0 spiro atoms. The molecule has 38 heavy (non-hydrogen) atoms. The summed E-state index contributed by atoms with van der Waals surface area (Å²) in [5.41, 5.74) is 4.19. The maximum absolute atomic E-state index is 13.1. The molecule has 3 rings (SSSR count). The normalized spacial score (nSPS) is 18.3. The number of thiazole rings is 1. The van der Waals surface area contributed by atoms with Crippen LogP contribution in [0.1, 0.15) is 58.3 Å². The van der Waals surface area contributed by atoms with Crippen molar-refractivity contribution in [3.8, 4) is 22.3 Å². The van der Waals surface area contributed by atoms with Crippen molar-refractivity contribution in [3.05, 3.63) is 41.0 Å². The number of carbonyl (C=O) groups is 2. The minimum Gasteiger partial charge on any atom is -0.394 e. The molecule has 0 aliphatic carbocycles. The van der Waals surface area contributed by atoms with Crippen LogP contribution in [0.3, 0.4) is 0 Å². The molecule has 9 heteroatoms. The lowest BCUT2D eigenvalue weighted by atomic mass is 9.96. The van der Waals surface area contributed by atoms with Gasteiger partial charge in [0.25, 0.3) is 0 Å². The van der Waals surface area contributed by atoms with Gasteiger partial charge in [-0.05, 0) is 37.1 Å². The Kier molecular flexibility index (Phi) is 12.4. The number of likely N-dealkylation sites (tertiary alicyclic amines) is 1. The number of aliphatic hydroxyl groups excluding tert-OH is 2. The van der Waals surface area contributed by atoms with E-state index in [-0.39, 0.29) is 43.2 Å². The Morgan fingerprint density at radius 3 is 2.45 bits per heavy atom. The van der Waals surface area contributed by atoms with E-state index in [0.717, 1.165) is 21.7 Å². The number of β-amino-alcohol motifs (C(OH)–C–C–N with tert-alkyl or cyclic N) is 1. The molecule has 0 saturated carbocycles.